The average molecular weight is 394 g/mol. The molecule has 0 saturated carbocycles. The summed E-state index contributed by atoms with van der Waals surface area (Å²) in [5, 5.41) is 10.6. The van der Waals surface area contributed by atoms with Gasteiger partial charge >= 0.3 is 0 Å². The number of nitrogens with one attached hydrogen (secondary N) is 2. The lowest BCUT2D eigenvalue weighted by atomic mass is 10.1. The maximum Gasteiger partial charge on any atom is 0.0831 e. The normalized spacial score (nSPS) is 11.9. The van der Waals surface area contributed by atoms with Crippen molar-refractivity contribution in [3.63, 3.8) is 0 Å². The van der Waals surface area contributed by atoms with Gasteiger partial charge in [0.05, 0.1) is 4.61 Å². The van der Waals surface area contributed by atoms with Gasteiger partial charge in [0.2, 0.25) is 0 Å². The van der Waals surface area contributed by atoms with Crippen LogP contribution in [0, 0.1) is 8.98 Å². The van der Waals surface area contributed by atoms with E-state index in [0.29, 0.717) is 0 Å². The largest absolute Gasteiger partial charge is 0.379 e. The minimum Gasteiger partial charge on any atom is -0.379 e. The summed E-state index contributed by atoms with van der Waals surface area (Å²) in [6.45, 7) is 2.87. The van der Waals surface area contributed by atoms with Crippen LogP contribution in [0.2, 0.25) is 0 Å². The molecule has 0 aliphatic heterocycles. The van der Waals surface area contributed by atoms with Gasteiger partial charge in [-0.3, -0.25) is 4.98 Å². The topological polar surface area (TPSA) is 48.8 Å². The van der Waals surface area contributed by atoms with E-state index in [1.165, 1.54) is 11.8 Å². The Morgan fingerprint density at radius 1 is 1.69 bits per heavy atom. The predicted molar refractivity (Wildman–Crippen MR) is 79.1 cm³/mol. The molecule has 3 nitrogen and oxygen atoms in total. The van der Waals surface area contributed by atoms with E-state index < -0.39 is 0 Å². The first-order chi connectivity index (χ1) is 7.69. The van der Waals surface area contributed by atoms with Crippen molar-refractivity contribution >= 4 is 44.7 Å². The van der Waals surface area contributed by atoms with Crippen LogP contribution < -0.4 is 5.32 Å². The van der Waals surface area contributed by atoms with Crippen molar-refractivity contribution in [1.29, 1.82) is 5.41 Å². The van der Waals surface area contributed by atoms with E-state index in [9.17, 15) is 0 Å². The van der Waals surface area contributed by atoms with Crippen LogP contribution in [0.3, 0.4) is 0 Å². The molecule has 5 heteroatoms. The first-order valence-electron chi connectivity index (χ1n) is 4.90. The van der Waals surface area contributed by atoms with E-state index in [1.807, 2.05) is 19.2 Å². The lowest BCUT2D eigenvalue weighted by Crippen LogP contribution is -2.11. The molecule has 0 fully saturated rings. The van der Waals surface area contributed by atoms with Gasteiger partial charge in [0.15, 0.2) is 0 Å². The van der Waals surface area contributed by atoms with Crippen LogP contribution in [-0.4, -0.2) is 17.7 Å². The van der Waals surface area contributed by atoms with E-state index >= 15 is 0 Å². The molecule has 1 heterocycles. The van der Waals surface area contributed by atoms with Gasteiger partial charge in [-0.25, -0.2) is 0 Å². The number of rotatable bonds is 5. The van der Waals surface area contributed by atoms with Crippen molar-refractivity contribution in [3.05, 3.63) is 37.8 Å². The fraction of sp³-hybridized carbons (Fsp3) is 0.273. The van der Waals surface area contributed by atoms with Gasteiger partial charge in [-0.1, -0.05) is 0 Å². The molecule has 0 unspecified atom stereocenters. The lowest BCUT2D eigenvalue weighted by Gasteiger charge is -2.08. The van der Waals surface area contributed by atoms with Crippen molar-refractivity contribution in [3.8, 4) is 0 Å². The number of nitrogens with zero attached hydrogens (tertiary/aromatic N) is 1. The van der Waals surface area contributed by atoms with Gasteiger partial charge in [-0.2, -0.15) is 0 Å². The standard InChI is InChI=1S/C11H13BrIN3/c1-2-16-11(12)9(6-14)5-8-3-4-15-7-10(8)13/h3-4,6-7,14,16H,2,5H2,1H3/b11-9-,14-6?. The van der Waals surface area contributed by atoms with E-state index in [4.69, 9.17) is 5.41 Å². The van der Waals surface area contributed by atoms with Gasteiger partial charge in [-0.05, 0) is 57.1 Å². The molecular formula is C11H13BrIN3. The van der Waals surface area contributed by atoms with Crippen LogP contribution in [0.15, 0.2) is 28.6 Å². The number of halogens is 2. The summed E-state index contributed by atoms with van der Waals surface area (Å²) in [7, 11) is 0. The zero-order chi connectivity index (χ0) is 12.0. The van der Waals surface area contributed by atoms with E-state index in [1.54, 1.807) is 6.20 Å². The highest BCUT2D eigenvalue weighted by molar-refractivity contribution is 14.1. The molecule has 16 heavy (non-hydrogen) atoms. The molecular weight excluding hydrogens is 381 g/mol. The first-order valence-corrected chi connectivity index (χ1v) is 6.77. The summed E-state index contributed by atoms with van der Waals surface area (Å²) in [4.78, 5) is 4.05. The fourth-order valence-electron chi connectivity index (χ4n) is 1.21. The Hall–Kier alpha value is -0.430. The Kier molecular flexibility index (Phi) is 5.97. The van der Waals surface area contributed by atoms with E-state index in [2.05, 4.69) is 48.8 Å². The van der Waals surface area contributed by atoms with Crippen LogP contribution in [0.1, 0.15) is 12.5 Å². The smallest absolute Gasteiger partial charge is 0.0831 e. The maximum atomic E-state index is 7.42. The van der Waals surface area contributed by atoms with Crippen molar-refractivity contribution in [2.75, 3.05) is 6.54 Å². The molecule has 0 bridgehead atoms. The molecule has 0 radical (unpaired) electrons. The van der Waals surface area contributed by atoms with Gasteiger partial charge in [-0.15, -0.1) is 0 Å². The molecule has 0 spiro atoms. The molecule has 86 valence electrons. The quantitative estimate of drug-likeness (QED) is 0.458. The zero-order valence-corrected chi connectivity index (χ0v) is 12.7. The van der Waals surface area contributed by atoms with Crippen molar-refractivity contribution < 1.29 is 0 Å². The van der Waals surface area contributed by atoms with Gasteiger partial charge in [0.25, 0.3) is 0 Å². The van der Waals surface area contributed by atoms with Gasteiger partial charge < -0.3 is 10.7 Å². The zero-order valence-electron chi connectivity index (χ0n) is 8.93. The van der Waals surface area contributed by atoms with Gasteiger partial charge in [0, 0.05) is 40.7 Å². The highest BCUT2D eigenvalue weighted by atomic mass is 127. The molecule has 0 aliphatic carbocycles. The third kappa shape index (κ3) is 3.86. The number of pyridine rings is 1. The third-order valence-electron chi connectivity index (χ3n) is 2.03. The summed E-state index contributed by atoms with van der Waals surface area (Å²) in [6.07, 6.45) is 5.72. The lowest BCUT2D eigenvalue weighted by molar-refractivity contribution is 0.896. The number of hydrogen-bond acceptors (Lipinski definition) is 3. The average Bonchev–Trinajstić information content (AvgIpc) is 2.28. The van der Waals surface area contributed by atoms with Crippen LogP contribution in [0.25, 0.3) is 0 Å². The second kappa shape index (κ2) is 7.01. The second-order valence-corrected chi connectivity index (χ2v) is 5.11. The van der Waals surface area contributed by atoms with Crippen molar-refractivity contribution in [1.82, 2.24) is 10.3 Å². The van der Waals surface area contributed by atoms with E-state index in [0.717, 1.165) is 26.7 Å². The summed E-state index contributed by atoms with van der Waals surface area (Å²) < 4.78 is 2.01. The van der Waals surface area contributed by atoms with Crippen LogP contribution in [-0.2, 0) is 6.42 Å². The van der Waals surface area contributed by atoms with E-state index in [-0.39, 0.29) is 0 Å². The molecule has 0 aromatic carbocycles. The number of aromatic nitrogens is 1. The van der Waals surface area contributed by atoms with Crippen molar-refractivity contribution in [2.24, 2.45) is 0 Å². The molecule has 1 aromatic rings. The molecule has 0 aliphatic rings. The Morgan fingerprint density at radius 3 is 3.00 bits per heavy atom. The SMILES string of the molecule is CCN/C(Br)=C(\C=N)Cc1ccncc1I. The molecule has 1 aromatic heterocycles. The highest BCUT2D eigenvalue weighted by Gasteiger charge is 2.05. The summed E-state index contributed by atoms with van der Waals surface area (Å²) in [6, 6.07) is 1.98. The Morgan fingerprint density at radius 2 is 2.44 bits per heavy atom. The third-order valence-corrected chi connectivity index (χ3v) is 3.79. The Labute approximate surface area is 118 Å². The molecule has 0 atom stereocenters. The number of hydrogen-bond donors (Lipinski definition) is 2. The summed E-state index contributed by atoms with van der Waals surface area (Å²) in [5.74, 6) is 0. The van der Waals surface area contributed by atoms with Crippen molar-refractivity contribution in [2.45, 2.75) is 13.3 Å². The van der Waals surface area contributed by atoms with Crippen LogP contribution in [0.5, 0.6) is 0 Å². The van der Waals surface area contributed by atoms with Gasteiger partial charge in [0.1, 0.15) is 0 Å². The predicted octanol–water partition coefficient (Wildman–Crippen LogP) is 3.09. The Balaban J connectivity index is 2.90. The van der Waals surface area contributed by atoms with Crippen LogP contribution >= 0.6 is 38.5 Å². The molecule has 2 N–H and O–H groups in total. The fourth-order valence-corrected chi connectivity index (χ4v) is 2.28. The molecule has 0 amide bonds. The first kappa shape index (κ1) is 13.6. The Bertz CT molecular complexity index is 404. The monoisotopic (exact) mass is 393 g/mol. The highest BCUT2D eigenvalue weighted by Crippen LogP contribution is 2.17. The second-order valence-electron chi connectivity index (χ2n) is 3.16. The molecule has 0 saturated heterocycles. The summed E-state index contributed by atoms with van der Waals surface area (Å²) in [5.41, 5.74) is 2.12. The summed E-state index contributed by atoms with van der Waals surface area (Å²) >= 11 is 5.70. The minimum absolute atomic E-state index is 0.734. The van der Waals surface area contributed by atoms with Crippen LogP contribution in [0.4, 0.5) is 0 Å². The minimum atomic E-state index is 0.734. The molecule has 1 rings (SSSR count). The number of allylic oxidation sites excluding steroid dienone is 1. The maximum absolute atomic E-state index is 7.42.